The predicted octanol–water partition coefficient (Wildman–Crippen LogP) is 3.03. The molecule has 1 heterocycles. The first-order chi connectivity index (χ1) is 11.4. The molecular formula is C19H17BO3. The van der Waals surface area contributed by atoms with E-state index in [1.807, 2.05) is 48.5 Å². The van der Waals surface area contributed by atoms with Crippen molar-refractivity contribution in [3.63, 3.8) is 0 Å². The Morgan fingerprint density at radius 1 is 0.913 bits per heavy atom. The van der Waals surface area contributed by atoms with Crippen molar-refractivity contribution in [2.45, 2.75) is 6.10 Å². The second kappa shape index (κ2) is 6.45. The average molecular weight is 304 g/mol. The third kappa shape index (κ3) is 3.23. The predicted molar refractivity (Wildman–Crippen MR) is 92.1 cm³/mol. The molecule has 3 aromatic rings. The first kappa shape index (κ1) is 14.3. The van der Waals surface area contributed by atoms with Gasteiger partial charge in [-0.2, -0.15) is 0 Å². The van der Waals surface area contributed by atoms with Crippen molar-refractivity contribution < 1.29 is 14.0 Å². The lowest BCUT2D eigenvalue weighted by molar-refractivity contribution is 0.148. The number of hydrogen-bond donors (Lipinski definition) is 0. The molecule has 0 bridgehead atoms. The SMILES string of the molecule is c1ccc(B2OC[C@H](COc3ccc4ccccc4c3)O2)cc1. The van der Waals surface area contributed by atoms with Crippen molar-refractivity contribution in [1.29, 1.82) is 0 Å². The summed E-state index contributed by atoms with van der Waals surface area (Å²) in [5, 5.41) is 2.39. The standard InChI is InChI=1S/C19H17BO3/c1-2-8-17(9-3-1)20-22-14-19(23-20)13-21-18-11-10-15-6-4-5-7-16(15)12-18/h1-12,19H,13-14H2/t19-/m0/s1. The van der Waals surface area contributed by atoms with Crippen molar-refractivity contribution in [2.75, 3.05) is 13.2 Å². The van der Waals surface area contributed by atoms with E-state index >= 15 is 0 Å². The zero-order chi connectivity index (χ0) is 15.5. The van der Waals surface area contributed by atoms with E-state index in [4.69, 9.17) is 14.0 Å². The zero-order valence-electron chi connectivity index (χ0n) is 12.7. The van der Waals surface area contributed by atoms with Crippen molar-refractivity contribution in [3.8, 4) is 5.75 Å². The van der Waals surface area contributed by atoms with E-state index in [0.717, 1.165) is 11.2 Å². The van der Waals surface area contributed by atoms with E-state index in [2.05, 4.69) is 24.3 Å². The van der Waals surface area contributed by atoms with E-state index in [1.54, 1.807) is 0 Å². The molecule has 1 saturated heterocycles. The Morgan fingerprint density at radius 2 is 1.70 bits per heavy atom. The molecule has 0 amide bonds. The minimum absolute atomic E-state index is 0.0494. The highest BCUT2D eigenvalue weighted by molar-refractivity contribution is 6.61. The summed E-state index contributed by atoms with van der Waals surface area (Å²) in [6.07, 6.45) is -0.0494. The molecule has 1 fully saturated rings. The Morgan fingerprint density at radius 3 is 2.57 bits per heavy atom. The smallest absolute Gasteiger partial charge is 0.491 e. The molecule has 0 N–H and O–H groups in total. The lowest BCUT2D eigenvalue weighted by Gasteiger charge is -2.12. The van der Waals surface area contributed by atoms with E-state index in [0.29, 0.717) is 13.2 Å². The summed E-state index contributed by atoms with van der Waals surface area (Å²) in [6.45, 7) is 1.04. The van der Waals surface area contributed by atoms with Crippen LogP contribution < -0.4 is 10.2 Å². The van der Waals surface area contributed by atoms with Gasteiger partial charge in [0.15, 0.2) is 0 Å². The molecule has 23 heavy (non-hydrogen) atoms. The van der Waals surface area contributed by atoms with Crippen molar-refractivity contribution in [1.82, 2.24) is 0 Å². The maximum Gasteiger partial charge on any atom is 0.494 e. The van der Waals surface area contributed by atoms with Crippen LogP contribution in [-0.4, -0.2) is 26.4 Å². The summed E-state index contributed by atoms with van der Waals surface area (Å²) in [7, 11) is -0.290. The summed E-state index contributed by atoms with van der Waals surface area (Å²) >= 11 is 0. The molecule has 0 saturated carbocycles. The van der Waals surface area contributed by atoms with E-state index < -0.39 is 0 Å². The fourth-order valence-electron chi connectivity index (χ4n) is 2.77. The van der Waals surface area contributed by atoms with Crippen LogP contribution in [0.15, 0.2) is 72.8 Å². The van der Waals surface area contributed by atoms with Crippen molar-refractivity contribution >= 4 is 23.4 Å². The molecule has 3 aromatic carbocycles. The first-order valence-electron chi connectivity index (χ1n) is 7.82. The topological polar surface area (TPSA) is 27.7 Å². The quantitative estimate of drug-likeness (QED) is 0.693. The molecule has 0 aromatic heterocycles. The summed E-state index contributed by atoms with van der Waals surface area (Å²) in [4.78, 5) is 0. The Balaban J connectivity index is 1.37. The van der Waals surface area contributed by atoms with Gasteiger partial charge in [-0.15, -0.1) is 0 Å². The summed E-state index contributed by atoms with van der Waals surface area (Å²) in [5.74, 6) is 0.857. The van der Waals surface area contributed by atoms with Crippen molar-refractivity contribution in [2.24, 2.45) is 0 Å². The normalized spacial score (nSPS) is 17.6. The van der Waals surface area contributed by atoms with Gasteiger partial charge in [0, 0.05) is 0 Å². The maximum atomic E-state index is 5.91. The van der Waals surface area contributed by atoms with Crippen LogP contribution in [0.3, 0.4) is 0 Å². The van der Waals surface area contributed by atoms with Crippen LogP contribution in [0.5, 0.6) is 5.75 Å². The number of rotatable bonds is 4. The largest absolute Gasteiger partial charge is 0.494 e. The Labute approximate surface area is 135 Å². The van der Waals surface area contributed by atoms with Crippen LogP contribution in [0.2, 0.25) is 0 Å². The molecule has 1 aliphatic heterocycles. The molecule has 0 aliphatic carbocycles. The average Bonchev–Trinajstić information content (AvgIpc) is 3.10. The van der Waals surface area contributed by atoms with E-state index in [-0.39, 0.29) is 13.2 Å². The first-order valence-corrected chi connectivity index (χ1v) is 7.82. The molecule has 114 valence electrons. The second-order valence-corrected chi connectivity index (χ2v) is 5.65. The monoisotopic (exact) mass is 304 g/mol. The third-order valence-corrected chi connectivity index (χ3v) is 3.98. The van der Waals surface area contributed by atoms with Gasteiger partial charge in [-0.25, -0.2) is 0 Å². The Kier molecular flexibility index (Phi) is 4.01. The van der Waals surface area contributed by atoms with Gasteiger partial charge in [0.05, 0.1) is 12.7 Å². The lowest BCUT2D eigenvalue weighted by Crippen LogP contribution is -2.33. The molecule has 4 rings (SSSR count). The minimum Gasteiger partial charge on any atom is -0.491 e. The fourth-order valence-corrected chi connectivity index (χ4v) is 2.77. The molecule has 0 radical (unpaired) electrons. The van der Waals surface area contributed by atoms with Crippen LogP contribution in [-0.2, 0) is 9.31 Å². The summed E-state index contributed by atoms with van der Waals surface area (Å²) in [5.41, 5.74) is 1.04. The van der Waals surface area contributed by atoms with E-state index in [1.165, 1.54) is 10.8 Å². The van der Waals surface area contributed by atoms with Gasteiger partial charge in [0.1, 0.15) is 12.4 Å². The van der Waals surface area contributed by atoms with Gasteiger partial charge in [-0.3, -0.25) is 0 Å². The minimum atomic E-state index is -0.290. The van der Waals surface area contributed by atoms with E-state index in [9.17, 15) is 0 Å². The number of hydrogen-bond acceptors (Lipinski definition) is 3. The van der Waals surface area contributed by atoms with Gasteiger partial charge in [0.2, 0.25) is 0 Å². The van der Waals surface area contributed by atoms with Crippen LogP contribution in [0.4, 0.5) is 0 Å². The fraction of sp³-hybridized carbons (Fsp3) is 0.158. The van der Waals surface area contributed by atoms with Crippen molar-refractivity contribution in [3.05, 3.63) is 72.8 Å². The molecule has 4 heteroatoms. The molecule has 1 atom stereocenters. The van der Waals surface area contributed by atoms with Gasteiger partial charge < -0.3 is 14.0 Å². The van der Waals surface area contributed by atoms with Gasteiger partial charge in [-0.1, -0.05) is 60.7 Å². The Hall–Kier alpha value is -2.30. The molecule has 1 aliphatic rings. The number of ether oxygens (including phenoxy) is 1. The molecule has 0 spiro atoms. The lowest BCUT2D eigenvalue weighted by atomic mass is 9.79. The highest BCUT2D eigenvalue weighted by Gasteiger charge is 2.33. The highest BCUT2D eigenvalue weighted by Crippen LogP contribution is 2.21. The number of benzene rings is 3. The van der Waals surface area contributed by atoms with Crippen LogP contribution in [0.25, 0.3) is 10.8 Å². The summed E-state index contributed by atoms with van der Waals surface area (Å²) in [6, 6.07) is 24.4. The molecule has 3 nitrogen and oxygen atoms in total. The van der Waals surface area contributed by atoms with Crippen LogP contribution in [0, 0.1) is 0 Å². The van der Waals surface area contributed by atoms with Gasteiger partial charge in [-0.05, 0) is 28.4 Å². The zero-order valence-corrected chi connectivity index (χ0v) is 12.7. The van der Waals surface area contributed by atoms with Gasteiger partial charge >= 0.3 is 7.12 Å². The highest BCUT2D eigenvalue weighted by atomic mass is 16.7. The van der Waals surface area contributed by atoms with Gasteiger partial charge in [0.25, 0.3) is 0 Å². The summed E-state index contributed by atoms with van der Waals surface area (Å²) < 4.78 is 17.5. The third-order valence-electron chi connectivity index (χ3n) is 3.98. The number of fused-ring (bicyclic) bond motifs is 1. The molecular weight excluding hydrogens is 287 g/mol. The van der Waals surface area contributed by atoms with Crippen LogP contribution >= 0.6 is 0 Å². The molecule has 0 unspecified atom stereocenters. The Bertz CT molecular complexity index is 791. The second-order valence-electron chi connectivity index (χ2n) is 5.65. The van der Waals surface area contributed by atoms with Crippen LogP contribution in [0.1, 0.15) is 0 Å². The maximum absolute atomic E-state index is 5.91.